The summed E-state index contributed by atoms with van der Waals surface area (Å²) in [5.41, 5.74) is 9.74. The van der Waals surface area contributed by atoms with Crippen LogP contribution in [-0.2, 0) is 4.79 Å². The van der Waals surface area contributed by atoms with Crippen molar-refractivity contribution in [3.8, 4) is 0 Å². The van der Waals surface area contributed by atoms with Gasteiger partial charge in [0, 0.05) is 30.2 Å². The highest BCUT2D eigenvalue weighted by Gasteiger charge is 2.38. The SMILES string of the molecule is CCCC(C[C@H]1CCC2=C1[C@@H](C)C1=CNN(c3ccc(F)cc3)C1=C2)NC(=O)CC(C)(C)C. The summed E-state index contributed by atoms with van der Waals surface area (Å²) in [6.45, 7) is 10.8. The summed E-state index contributed by atoms with van der Waals surface area (Å²) >= 11 is 0. The number of carbonyl (C=O) groups excluding carboxylic acids is 1. The number of fused-ring (bicyclic) bond motifs is 1. The monoisotopic (exact) mass is 451 g/mol. The zero-order valence-electron chi connectivity index (χ0n) is 20.7. The maximum absolute atomic E-state index is 13.4. The highest BCUT2D eigenvalue weighted by Crippen LogP contribution is 2.49. The van der Waals surface area contributed by atoms with Crippen LogP contribution < -0.4 is 15.8 Å². The third-order valence-electron chi connectivity index (χ3n) is 7.05. The second-order valence-electron chi connectivity index (χ2n) is 11.0. The molecular formula is C28H38FN3O. The zero-order valence-corrected chi connectivity index (χ0v) is 20.7. The van der Waals surface area contributed by atoms with Crippen molar-refractivity contribution < 1.29 is 9.18 Å². The predicted molar refractivity (Wildman–Crippen MR) is 133 cm³/mol. The molecule has 0 bridgehead atoms. The summed E-state index contributed by atoms with van der Waals surface area (Å²) in [5.74, 6) is 0.778. The second kappa shape index (κ2) is 9.36. The van der Waals surface area contributed by atoms with Crippen molar-refractivity contribution in [1.82, 2.24) is 10.7 Å². The molecule has 178 valence electrons. The molecule has 0 aromatic heterocycles. The van der Waals surface area contributed by atoms with E-state index in [2.05, 4.69) is 62.6 Å². The summed E-state index contributed by atoms with van der Waals surface area (Å²) < 4.78 is 13.4. The Balaban J connectivity index is 1.51. The van der Waals surface area contributed by atoms with E-state index < -0.39 is 0 Å². The Morgan fingerprint density at radius 1 is 1.27 bits per heavy atom. The molecular weight excluding hydrogens is 413 g/mol. The summed E-state index contributed by atoms with van der Waals surface area (Å²) in [5, 5.41) is 5.40. The van der Waals surface area contributed by atoms with Crippen molar-refractivity contribution in [3.63, 3.8) is 0 Å². The molecule has 3 aliphatic rings. The number of rotatable bonds is 7. The van der Waals surface area contributed by atoms with Crippen molar-refractivity contribution in [2.45, 2.75) is 79.2 Å². The van der Waals surface area contributed by atoms with E-state index in [0.717, 1.165) is 43.5 Å². The molecule has 3 atom stereocenters. The van der Waals surface area contributed by atoms with Gasteiger partial charge in [0.2, 0.25) is 5.91 Å². The third-order valence-corrected chi connectivity index (χ3v) is 7.05. The van der Waals surface area contributed by atoms with Gasteiger partial charge in [-0.1, -0.05) is 46.6 Å². The van der Waals surface area contributed by atoms with Crippen LogP contribution in [0.5, 0.6) is 0 Å². The zero-order chi connectivity index (χ0) is 23.8. The fourth-order valence-electron chi connectivity index (χ4n) is 5.66. The molecule has 1 aromatic rings. The minimum atomic E-state index is -0.225. The Bertz CT molecular complexity index is 983. The largest absolute Gasteiger partial charge is 0.353 e. The van der Waals surface area contributed by atoms with E-state index in [4.69, 9.17) is 0 Å². The molecule has 0 saturated carbocycles. The first kappa shape index (κ1) is 23.6. The molecule has 4 nitrogen and oxygen atoms in total. The molecule has 1 amide bonds. The number of carbonyl (C=O) groups is 1. The molecule has 4 rings (SSSR count). The number of amides is 1. The molecule has 0 radical (unpaired) electrons. The van der Waals surface area contributed by atoms with Crippen LogP contribution in [-0.4, -0.2) is 11.9 Å². The van der Waals surface area contributed by atoms with Crippen LogP contribution in [0.15, 0.2) is 59.0 Å². The standard InChI is InChI=1S/C28H38FN3O/c1-6-7-22(31-26(33)16-28(3,4)5)14-19-8-9-20-15-25-24(18(2)27(19)20)17-30-32(25)23-12-10-21(29)11-13-23/h10-13,15,17-19,22,30H,6-9,14,16H2,1-5H3,(H,31,33)/t18-,19+,22?/m0/s1. The van der Waals surface area contributed by atoms with Gasteiger partial charge in [-0.3, -0.25) is 9.80 Å². The summed E-state index contributed by atoms with van der Waals surface area (Å²) in [6, 6.07) is 6.84. The summed E-state index contributed by atoms with van der Waals surface area (Å²) in [6.07, 6.45) is 10.3. The molecule has 33 heavy (non-hydrogen) atoms. The smallest absolute Gasteiger partial charge is 0.220 e. The van der Waals surface area contributed by atoms with Crippen LogP contribution in [0.25, 0.3) is 0 Å². The van der Waals surface area contributed by atoms with Gasteiger partial charge in [0.25, 0.3) is 0 Å². The number of nitrogens with zero attached hydrogens (tertiary/aromatic N) is 1. The van der Waals surface area contributed by atoms with Gasteiger partial charge in [0.05, 0.1) is 11.4 Å². The van der Waals surface area contributed by atoms with Crippen LogP contribution in [0, 0.1) is 23.1 Å². The maximum atomic E-state index is 13.4. The molecule has 0 spiro atoms. The van der Waals surface area contributed by atoms with E-state index in [1.54, 1.807) is 5.57 Å². The highest BCUT2D eigenvalue weighted by atomic mass is 19.1. The lowest BCUT2D eigenvalue weighted by Crippen LogP contribution is -2.38. The van der Waals surface area contributed by atoms with E-state index in [9.17, 15) is 9.18 Å². The number of anilines is 1. The molecule has 1 unspecified atom stereocenters. The van der Waals surface area contributed by atoms with E-state index >= 15 is 0 Å². The van der Waals surface area contributed by atoms with Gasteiger partial charge < -0.3 is 10.7 Å². The van der Waals surface area contributed by atoms with Gasteiger partial charge >= 0.3 is 0 Å². The molecule has 1 heterocycles. The van der Waals surface area contributed by atoms with Gasteiger partial charge in [0.1, 0.15) is 5.82 Å². The quantitative estimate of drug-likeness (QED) is 0.505. The number of halogens is 1. The Labute approximate surface area is 198 Å². The fraction of sp³-hybridized carbons (Fsp3) is 0.536. The van der Waals surface area contributed by atoms with Gasteiger partial charge in [0.15, 0.2) is 0 Å². The maximum Gasteiger partial charge on any atom is 0.220 e. The first-order valence-corrected chi connectivity index (χ1v) is 12.4. The van der Waals surface area contributed by atoms with E-state index in [1.807, 2.05) is 12.1 Å². The second-order valence-corrected chi connectivity index (χ2v) is 11.0. The van der Waals surface area contributed by atoms with Crippen molar-refractivity contribution in [2.75, 3.05) is 5.01 Å². The van der Waals surface area contributed by atoms with Crippen molar-refractivity contribution in [3.05, 3.63) is 64.8 Å². The van der Waals surface area contributed by atoms with E-state index in [1.165, 1.54) is 23.3 Å². The molecule has 0 saturated heterocycles. The van der Waals surface area contributed by atoms with Gasteiger partial charge in [-0.25, -0.2) is 4.39 Å². The molecule has 1 aliphatic heterocycles. The van der Waals surface area contributed by atoms with Gasteiger partial charge in [-0.15, -0.1) is 0 Å². The van der Waals surface area contributed by atoms with Gasteiger partial charge in [-0.2, -0.15) is 0 Å². The number of hydrazine groups is 1. The number of benzene rings is 1. The summed E-state index contributed by atoms with van der Waals surface area (Å²) in [4.78, 5) is 12.6. The highest BCUT2D eigenvalue weighted by molar-refractivity contribution is 5.76. The van der Waals surface area contributed by atoms with Crippen molar-refractivity contribution in [1.29, 1.82) is 0 Å². The molecule has 1 aromatic carbocycles. The minimum absolute atomic E-state index is 0.00132. The number of hydrogen-bond donors (Lipinski definition) is 2. The topological polar surface area (TPSA) is 44.4 Å². The lowest BCUT2D eigenvalue weighted by molar-refractivity contribution is -0.123. The number of allylic oxidation sites excluding steroid dienone is 4. The number of hydrogen-bond acceptors (Lipinski definition) is 3. The Kier molecular flexibility index (Phi) is 6.69. The molecule has 2 N–H and O–H groups in total. The Hall–Kier alpha value is -2.56. The average Bonchev–Trinajstić information content (AvgIpc) is 3.32. The van der Waals surface area contributed by atoms with Crippen LogP contribution in [0.2, 0.25) is 0 Å². The Morgan fingerprint density at radius 3 is 2.67 bits per heavy atom. The van der Waals surface area contributed by atoms with Crippen LogP contribution >= 0.6 is 0 Å². The number of nitrogens with one attached hydrogen (secondary N) is 2. The third kappa shape index (κ3) is 5.18. The lowest BCUT2D eigenvalue weighted by atomic mass is 9.78. The van der Waals surface area contributed by atoms with Crippen LogP contribution in [0.1, 0.15) is 73.1 Å². The van der Waals surface area contributed by atoms with Gasteiger partial charge in [-0.05, 0) is 72.9 Å². The lowest BCUT2D eigenvalue weighted by Gasteiger charge is -2.31. The van der Waals surface area contributed by atoms with Crippen molar-refractivity contribution >= 4 is 11.6 Å². The first-order valence-electron chi connectivity index (χ1n) is 12.4. The Morgan fingerprint density at radius 2 is 2.00 bits per heavy atom. The van der Waals surface area contributed by atoms with E-state index in [-0.39, 0.29) is 23.2 Å². The predicted octanol–water partition coefficient (Wildman–Crippen LogP) is 6.39. The molecule has 5 heteroatoms. The fourth-order valence-corrected chi connectivity index (χ4v) is 5.66. The van der Waals surface area contributed by atoms with Crippen LogP contribution in [0.4, 0.5) is 10.1 Å². The molecule has 2 aliphatic carbocycles. The molecule has 0 fully saturated rings. The van der Waals surface area contributed by atoms with Crippen LogP contribution in [0.3, 0.4) is 0 Å². The average molecular weight is 452 g/mol. The van der Waals surface area contributed by atoms with Crippen molar-refractivity contribution in [2.24, 2.45) is 17.3 Å². The first-order chi connectivity index (χ1) is 15.7. The summed E-state index contributed by atoms with van der Waals surface area (Å²) in [7, 11) is 0. The minimum Gasteiger partial charge on any atom is -0.353 e. The van der Waals surface area contributed by atoms with E-state index in [0.29, 0.717) is 18.3 Å². The normalized spacial score (nSPS) is 22.9.